The zero-order valence-electron chi connectivity index (χ0n) is 9.46. The van der Waals surface area contributed by atoms with E-state index in [1.54, 1.807) is 24.6 Å². The minimum Gasteiger partial charge on any atom is -0.461 e. The number of rotatable bonds is 2. The Morgan fingerprint density at radius 2 is 2.24 bits per heavy atom. The highest BCUT2D eigenvalue weighted by Gasteiger charge is 2.20. The number of benzene rings is 1. The van der Waals surface area contributed by atoms with E-state index in [9.17, 15) is 9.18 Å². The molecule has 1 aromatic carbocycles. The summed E-state index contributed by atoms with van der Waals surface area (Å²) in [4.78, 5) is 11.7. The van der Waals surface area contributed by atoms with Gasteiger partial charge in [-0.15, -0.1) is 0 Å². The molecule has 0 spiro atoms. The van der Waals surface area contributed by atoms with Gasteiger partial charge in [-0.1, -0.05) is 11.6 Å². The fourth-order valence-electron chi connectivity index (χ4n) is 1.80. The van der Waals surface area contributed by atoms with Crippen molar-refractivity contribution < 1.29 is 13.9 Å². The average molecular weight is 256 g/mol. The van der Waals surface area contributed by atoms with Gasteiger partial charge >= 0.3 is 5.97 Å². The number of carbonyl (C=O) groups excluding carboxylic acids is 1. The van der Waals surface area contributed by atoms with Gasteiger partial charge in [0.1, 0.15) is 11.5 Å². The number of aromatic nitrogens is 1. The monoisotopic (exact) mass is 255 g/mol. The van der Waals surface area contributed by atoms with Gasteiger partial charge in [0, 0.05) is 12.4 Å². The van der Waals surface area contributed by atoms with Gasteiger partial charge in [-0.2, -0.15) is 0 Å². The van der Waals surface area contributed by atoms with Gasteiger partial charge in [-0.05, 0) is 25.1 Å². The van der Waals surface area contributed by atoms with Gasteiger partial charge in [0.25, 0.3) is 0 Å². The molecular weight excluding hydrogens is 245 g/mol. The van der Waals surface area contributed by atoms with Crippen molar-refractivity contribution in [2.24, 2.45) is 7.05 Å². The van der Waals surface area contributed by atoms with E-state index in [1.165, 1.54) is 12.1 Å². The summed E-state index contributed by atoms with van der Waals surface area (Å²) in [5.41, 5.74) is 0.938. The molecule has 2 aromatic rings. The zero-order valence-corrected chi connectivity index (χ0v) is 10.2. The Morgan fingerprint density at radius 1 is 1.53 bits per heavy atom. The van der Waals surface area contributed by atoms with E-state index in [0.29, 0.717) is 10.9 Å². The molecule has 2 rings (SSSR count). The molecule has 0 radical (unpaired) electrons. The van der Waals surface area contributed by atoms with Crippen LogP contribution in [0.25, 0.3) is 10.9 Å². The third-order valence-electron chi connectivity index (χ3n) is 2.57. The molecule has 0 aliphatic carbocycles. The molecule has 0 aliphatic heterocycles. The fourth-order valence-corrected chi connectivity index (χ4v) is 2.15. The van der Waals surface area contributed by atoms with Crippen LogP contribution in [0.2, 0.25) is 5.02 Å². The smallest absolute Gasteiger partial charge is 0.356 e. The number of hydrogen-bond acceptors (Lipinski definition) is 2. The molecule has 0 fully saturated rings. The lowest BCUT2D eigenvalue weighted by molar-refractivity contribution is 0.0516. The highest BCUT2D eigenvalue weighted by molar-refractivity contribution is 6.38. The Labute approximate surface area is 103 Å². The van der Waals surface area contributed by atoms with E-state index >= 15 is 0 Å². The number of hydrogen-bond donors (Lipinski definition) is 0. The number of fused-ring (bicyclic) bond motifs is 1. The van der Waals surface area contributed by atoms with Gasteiger partial charge in [-0.3, -0.25) is 0 Å². The fraction of sp³-hybridized carbons (Fsp3) is 0.250. The summed E-state index contributed by atoms with van der Waals surface area (Å²) >= 11 is 6.08. The van der Waals surface area contributed by atoms with Crippen molar-refractivity contribution in [3.63, 3.8) is 0 Å². The molecule has 0 bridgehead atoms. The summed E-state index contributed by atoms with van der Waals surface area (Å²) in [6.45, 7) is 1.99. The molecule has 0 atom stereocenters. The molecule has 3 nitrogen and oxygen atoms in total. The van der Waals surface area contributed by atoms with Crippen LogP contribution in [0.3, 0.4) is 0 Å². The van der Waals surface area contributed by atoms with Gasteiger partial charge in [0.05, 0.1) is 17.1 Å². The molecule has 5 heteroatoms. The van der Waals surface area contributed by atoms with E-state index in [2.05, 4.69) is 0 Å². The quantitative estimate of drug-likeness (QED) is 0.772. The SMILES string of the molecule is CCOC(=O)c1c(Cl)c2cc(F)ccc2n1C. The van der Waals surface area contributed by atoms with E-state index in [-0.39, 0.29) is 23.1 Å². The van der Waals surface area contributed by atoms with Crippen LogP contribution in [0, 0.1) is 5.82 Å². The molecule has 0 unspecified atom stereocenters. The number of halogens is 2. The van der Waals surface area contributed by atoms with Crippen LogP contribution in [0.4, 0.5) is 4.39 Å². The standard InChI is InChI=1S/C12H11ClFNO2/c1-3-17-12(16)11-10(13)8-6-7(14)4-5-9(8)15(11)2/h4-6H,3H2,1-2H3. The van der Waals surface area contributed by atoms with Gasteiger partial charge in [0.15, 0.2) is 0 Å². The first-order chi connectivity index (χ1) is 8.06. The predicted molar refractivity (Wildman–Crippen MR) is 63.8 cm³/mol. The first-order valence-corrected chi connectivity index (χ1v) is 5.54. The molecule has 0 amide bonds. The van der Waals surface area contributed by atoms with Crippen LogP contribution >= 0.6 is 11.6 Å². The van der Waals surface area contributed by atoms with Crippen molar-refractivity contribution in [3.8, 4) is 0 Å². The Bertz CT molecular complexity index is 592. The second kappa shape index (κ2) is 4.37. The first-order valence-electron chi connectivity index (χ1n) is 5.16. The molecule has 0 N–H and O–H groups in total. The van der Waals surface area contributed by atoms with E-state index in [0.717, 1.165) is 0 Å². The number of nitrogens with zero attached hydrogens (tertiary/aromatic N) is 1. The van der Waals surface area contributed by atoms with Crippen molar-refractivity contribution in [1.82, 2.24) is 4.57 Å². The Kier molecular flexibility index (Phi) is 3.07. The Morgan fingerprint density at radius 3 is 2.88 bits per heavy atom. The second-order valence-corrected chi connectivity index (χ2v) is 3.98. The van der Waals surface area contributed by atoms with Crippen LogP contribution in [-0.4, -0.2) is 17.1 Å². The van der Waals surface area contributed by atoms with Gasteiger partial charge < -0.3 is 9.30 Å². The number of aryl methyl sites for hydroxylation is 1. The maximum Gasteiger partial charge on any atom is 0.356 e. The van der Waals surface area contributed by atoms with Crippen molar-refractivity contribution in [3.05, 3.63) is 34.7 Å². The molecule has 90 valence electrons. The van der Waals surface area contributed by atoms with E-state index in [4.69, 9.17) is 16.3 Å². The van der Waals surface area contributed by atoms with E-state index in [1.807, 2.05) is 0 Å². The maximum absolute atomic E-state index is 13.1. The molecule has 1 heterocycles. The lowest BCUT2D eigenvalue weighted by Gasteiger charge is -2.03. The Hall–Kier alpha value is -1.55. The summed E-state index contributed by atoms with van der Waals surface area (Å²) < 4.78 is 19.6. The third-order valence-corrected chi connectivity index (χ3v) is 2.95. The van der Waals surface area contributed by atoms with Crippen LogP contribution in [0.5, 0.6) is 0 Å². The topological polar surface area (TPSA) is 31.2 Å². The predicted octanol–water partition coefficient (Wildman–Crippen LogP) is 3.15. The molecular formula is C12H11ClFNO2. The van der Waals surface area contributed by atoms with Crippen LogP contribution in [0.15, 0.2) is 18.2 Å². The van der Waals surface area contributed by atoms with Gasteiger partial charge in [-0.25, -0.2) is 9.18 Å². The minimum absolute atomic E-state index is 0.223. The summed E-state index contributed by atoms with van der Waals surface area (Å²) in [5, 5.41) is 0.734. The number of ether oxygens (including phenoxy) is 1. The maximum atomic E-state index is 13.1. The van der Waals surface area contributed by atoms with E-state index < -0.39 is 5.97 Å². The number of esters is 1. The van der Waals surface area contributed by atoms with Crippen molar-refractivity contribution >= 4 is 28.5 Å². The lowest BCUT2D eigenvalue weighted by Crippen LogP contribution is -2.10. The lowest BCUT2D eigenvalue weighted by atomic mass is 10.2. The molecule has 0 saturated heterocycles. The first kappa shape index (κ1) is 11.9. The van der Waals surface area contributed by atoms with Gasteiger partial charge in [0.2, 0.25) is 0 Å². The highest BCUT2D eigenvalue weighted by Crippen LogP contribution is 2.30. The number of carbonyl (C=O) groups is 1. The third kappa shape index (κ3) is 1.89. The van der Waals surface area contributed by atoms with Crippen LogP contribution in [0.1, 0.15) is 17.4 Å². The molecule has 0 aliphatic rings. The summed E-state index contributed by atoms with van der Waals surface area (Å²) in [6.07, 6.45) is 0. The summed E-state index contributed by atoms with van der Waals surface area (Å²) in [5.74, 6) is -0.892. The average Bonchev–Trinajstić information content (AvgIpc) is 2.52. The molecule has 17 heavy (non-hydrogen) atoms. The zero-order chi connectivity index (χ0) is 12.6. The minimum atomic E-state index is -0.503. The van der Waals surface area contributed by atoms with Crippen molar-refractivity contribution in [2.45, 2.75) is 6.92 Å². The van der Waals surface area contributed by atoms with Crippen molar-refractivity contribution in [2.75, 3.05) is 6.61 Å². The normalized spacial score (nSPS) is 10.8. The summed E-state index contributed by atoms with van der Waals surface area (Å²) in [7, 11) is 1.69. The Balaban J connectivity index is 2.68. The van der Waals surface area contributed by atoms with Crippen molar-refractivity contribution in [1.29, 1.82) is 0 Å². The van der Waals surface area contributed by atoms with Crippen LogP contribution in [-0.2, 0) is 11.8 Å². The van der Waals surface area contributed by atoms with Crippen LogP contribution < -0.4 is 0 Å². The highest BCUT2D eigenvalue weighted by atomic mass is 35.5. The molecule has 1 aromatic heterocycles. The largest absolute Gasteiger partial charge is 0.461 e. The molecule has 0 saturated carbocycles. The summed E-state index contributed by atoms with van der Waals surface area (Å²) in [6, 6.07) is 4.22. The second-order valence-electron chi connectivity index (χ2n) is 3.60.